The van der Waals surface area contributed by atoms with Gasteiger partial charge in [-0.1, -0.05) is 42.0 Å². The van der Waals surface area contributed by atoms with Crippen LogP contribution >= 0.6 is 0 Å². The van der Waals surface area contributed by atoms with Crippen molar-refractivity contribution >= 4 is 18.0 Å². The van der Waals surface area contributed by atoms with Gasteiger partial charge < -0.3 is 9.88 Å². The van der Waals surface area contributed by atoms with Crippen molar-refractivity contribution in [2.45, 2.75) is 27.3 Å². The Kier molecular flexibility index (Phi) is 4.99. The van der Waals surface area contributed by atoms with E-state index in [1.807, 2.05) is 51.1 Å². The molecule has 1 fully saturated rings. The van der Waals surface area contributed by atoms with Gasteiger partial charge in [-0.25, -0.2) is 9.18 Å². The Labute approximate surface area is 174 Å². The number of hydrogen-bond donors (Lipinski definition) is 1. The fourth-order valence-corrected chi connectivity index (χ4v) is 3.80. The monoisotopic (exact) mass is 403 g/mol. The van der Waals surface area contributed by atoms with Gasteiger partial charge in [0.2, 0.25) is 0 Å². The van der Waals surface area contributed by atoms with Crippen molar-refractivity contribution in [1.29, 1.82) is 0 Å². The number of aryl methyl sites for hydroxylation is 2. The zero-order valence-electron chi connectivity index (χ0n) is 17.1. The quantitative estimate of drug-likeness (QED) is 0.510. The summed E-state index contributed by atoms with van der Waals surface area (Å²) in [5.74, 6) is -0.703. The third-order valence-corrected chi connectivity index (χ3v) is 5.25. The van der Waals surface area contributed by atoms with E-state index in [1.165, 1.54) is 11.0 Å². The molecule has 1 aromatic heterocycles. The summed E-state index contributed by atoms with van der Waals surface area (Å²) in [5, 5.41) is 2.66. The van der Waals surface area contributed by atoms with Crippen LogP contribution in [0, 0.1) is 26.6 Å². The van der Waals surface area contributed by atoms with Gasteiger partial charge in [-0.05, 0) is 56.2 Å². The predicted octanol–water partition coefficient (Wildman–Crippen LogP) is 4.63. The molecule has 2 aromatic carbocycles. The van der Waals surface area contributed by atoms with Crippen molar-refractivity contribution in [1.82, 2.24) is 14.8 Å². The normalized spacial score (nSPS) is 15.2. The Hall–Kier alpha value is -3.67. The molecule has 1 aliphatic rings. The summed E-state index contributed by atoms with van der Waals surface area (Å²) in [6.07, 6.45) is 1.65. The lowest BCUT2D eigenvalue weighted by Crippen LogP contribution is -2.30. The van der Waals surface area contributed by atoms with Crippen molar-refractivity contribution < 1.29 is 14.0 Å². The van der Waals surface area contributed by atoms with E-state index < -0.39 is 6.03 Å². The molecule has 3 aromatic rings. The topological polar surface area (TPSA) is 54.3 Å². The molecule has 0 saturated carbocycles. The van der Waals surface area contributed by atoms with Gasteiger partial charge in [0.15, 0.2) is 0 Å². The van der Waals surface area contributed by atoms with E-state index in [-0.39, 0.29) is 24.0 Å². The third-order valence-electron chi connectivity index (χ3n) is 5.25. The molecule has 1 saturated heterocycles. The third kappa shape index (κ3) is 3.52. The number of aromatic nitrogens is 1. The SMILES string of the molecule is Cc1cccc(CN2C(=O)N/C(=C/c3cc(C)n(-c4ccccc4F)c3C)C2=O)c1. The molecule has 0 aliphatic carbocycles. The van der Waals surface area contributed by atoms with Crippen LogP contribution in [0.2, 0.25) is 0 Å². The molecule has 0 radical (unpaired) electrons. The van der Waals surface area contributed by atoms with Crippen LogP contribution < -0.4 is 5.32 Å². The number of para-hydroxylation sites is 1. The van der Waals surface area contributed by atoms with Gasteiger partial charge in [-0.15, -0.1) is 0 Å². The highest BCUT2D eigenvalue weighted by atomic mass is 19.1. The summed E-state index contributed by atoms with van der Waals surface area (Å²) in [6, 6.07) is 15.7. The lowest BCUT2D eigenvalue weighted by Gasteiger charge is -2.12. The van der Waals surface area contributed by atoms with E-state index in [9.17, 15) is 14.0 Å². The Morgan fingerprint density at radius 3 is 2.50 bits per heavy atom. The maximum atomic E-state index is 14.3. The van der Waals surface area contributed by atoms with E-state index in [0.717, 1.165) is 28.1 Å². The number of amides is 3. The van der Waals surface area contributed by atoms with Gasteiger partial charge in [0.25, 0.3) is 5.91 Å². The Morgan fingerprint density at radius 2 is 1.77 bits per heavy atom. The fourth-order valence-electron chi connectivity index (χ4n) is 3.80. The first-order chi connectivity index (χ1) is 14.3. The molecular weight excluding hydrogens is 381 g/mol. The first kappa shape index (κ1) is 19.6. The van der Waals surface area contributed by atoms with Gasteiger partial charge in [0.1, 0.15) is 11.5 Å². The Bertz CT molecular complexity index is 1190. The predicted molar refractivity (Wildman–Crippen MR) is 113 cm³/mol. The van der Waals surface area contributed by atoms with Crippen molar-refractivity contribution in [3.8, 4) is 5.69 Å². The second-order valence-corrected chi connectivity index (χ2v) is 7.48. The van der Waals surface area contributed by atoms with Crippen LogP contribution in [0.1, 0.15) is 28.1 Å². The number of nitrogens with zero attached hydrogens (tertiary/aromatic N) is 2. The summed E-state index contributed by atoms with van der Waals surface area (Å²) in [4.78, 5) is 26.4. The number of imide groups is 1. The van der Waals surface area contributed by atoms with Crippen molar-refractivity contribution in [3.05, 3.63) is 94.2 Å². The minimum absolute atomic E-state index is 0.206. The van der Waals surface area contributed by atoms with Crippen molar-refractivity contribution in [2.24, 2.45) is 0 Å². The van der Waals surface area contributed by atoms with Crippen LogP contribution in [-0.2, 0) is 11.3 Å². The van der Waals surface area contributed by atoms with Crippen LogP contribution in [0.4, 0.5) is 9.18 Å². The van der Waals surface area contributed by atoms with E-state index >= 15 is 0 Å². The maximum Gasteiger partial charge on any atom is 0.329 e. The molecule has 30 heavy (non-hydrogen) atoms. The number of benzene rings is 2. The van der Waals surface area contributed by atoms with Crippen LogP contribution in [0.25, 0.3) is 11.8 Å². The molecule has 3 amide bonds. The number of carbonyl (C=O) groups is 2. The number of urea groups is 1. The van der Waals surface area contributed by atoms with Crippen molar-refractivity contribution in [3.63, 3.8) is 0 Å². The largest absolute Gasteiger partial charge is 0.329 e. The highest BCUT2D eigenvalue weighted by Crippen LogP contribution is 2.25. The summed E-state index contributed by atoms with van der Waals surface area (Å²) >= 11 is 0. The molecule has 1 N–H and O–H groups in total. The second kappa shape index (κ2) is 7.63. The van der Waals surface area contributed by atoms with E-state index in [2.05, 4.69) is 5.32 Å². The van der Waals surface area contributed by atoms with Gasteiger partial charge in [-0.3, -0.25) is 9.69 Å². The summed E-state index contributed by atoms with van der Waals surface area (Å²) < 4.78 is 16.1. The first-order valence-electron chi connectivity index (χ1n) is 9.69. The Morgan fingerprint density at radius 1 is 1.00 bits per heavy atom. The zero-order valence-corrected chi connectivity index (χ0v) is 17.1. The number of hydrogen-bond acceptors (Lipinski definition) is 2. The number of halogens is 1. The maximum absolute atomic E-state index is 14.3. The molecule has 1 aliphatic heterocycles. The molecule has 0 bridgehead atoms. The molecular formula is C24H22FN3O2. The standard InChI is InChI=1S/C24H22FN3O2/c1-15-7-6-8-18(11-15)14-27-23(29)21(26-24(27)30)13-19-12-16(2)28(17(19)3)22-10-5-4-9-20(22)25/h4-13H,14H2,1-3H3,(H,26,30)/b21-13+. The summed E-state index contributed by atoms with van der Waals surface area (Å²) in [7, 11) is 0. The van der Waals surface area contributed by atoms with Gasteiger partial charge in [0, 0.05) is 11.4 Å². The molecule has 6 heteroatoms. The minimum atomic E-state index is -0.448. The average Bonchev–Trinajstić information content (AvgIpc) is 3.12. The molecule has 152 valence electrons. The van der Waals surface area contributed by atoms with Crippen LogP contribution in [0.5, 0.6) is 0 Å². The van der Waals surface area contributed by atoms with Crippen molar-refractivity contribution in [2.75, 3.05) is 0 Å². The number of nitrogens with one attached hydrogen (secondary N) is 1. The first-order valence-corrected chi connectivity index (χ1v) is 9.69. The summed E-state index contributed by atoms with van der Waals surface area (Å²) in [5.41, 5.74) is 4.97. The number of carbonyl (C=O) groups excluding carboxylic acids is 2. The molecule has 2 heterocycles. The van der Waals surface area contributed by atoms with E-state index in [4.69, 9.17) is 0 Å². The fraction of sp³-hybridized carbons (Fsp3) is 0.167. The highest BCUT2D eigenvalue weighted by molar-refractivity contribution is 6.14. The average molecular weight is 403 g/mol. The second-order valence-electron chi connectivity index (χ2n) is 7.48. The number of rotatable bonds is 4. The van der Waals surface area contributed by atoms with E-state index in [0.29, 0.717) is 5.69 Å². The summed E-state index contributed by atoms with van der Waals surface area (Å²) in [6.45, 7) is 5.90. The molecule has 4 rings (SSSR count). The zero-order chi connectivity index (χ0) is 21.4. The molecule has 0 unspecified atom stereocenters. The smallest absolute Gasteiger partial charge is 0.315 e. The molecule has 5 nitrogen and oxygen atoms in total. The highest BCUT2D eigenvalue weighted by Gasteiger charge is 2.33. The van der Waals surface area contributed by atoms with Gasteiger partial charge in [0.05, 0.1) is 12.2 Å². The molecule has 0 spiro atoms. The van der Waals surface area contributed by atoms with Crippen LogP contribution in [-0.4, -0.2) is 21.4 Å². The van der Waals surface area contributed by atoms with Crippen LogP contribution in [0.3, 0.4) is 0 Å². The minimum Gasteiger partial charge on any atom is -0.315 e. The lowest BCUT2D eigenvalue weighted by molar-refractivity contribution is -0.123. The van der Waals surface area contributed by atoms with E-state index in [1.54, 1.807) is 28.8 Å². The Balaban J connectivity index is 1.64. The molecule has 0 atom stereocenters. The van der Waals surface area contributed by atoms with Crippen LogP contribution in [0.15, 0.2) is 60.3 Å². The van der Waals surface area contributed by atoms with Gasteiger partial charge in [-0.2, -0.15) is 0 Å². The van der Waals surface area contributed by atoms with Gasteiger partial charge >= 0.3 is 6.03 Å². The lowest BCUT2D eigenvalue weighted by atomic mass is 10.1.